The molecule has 0 amide bonds. The van der Waals surface area contributed by atoms with Crippen molar-refractivity contribution in [2.45, 2.75) is 63.1 Å². The number of nitrogens with one attached hydrogen (secondary N) is 1. The maximum Gasteiger partial charge on any atom is 0.0749 e. The molecule has 100 valence electrons. The van der Waals surface area contributed by atoms with Crippen molar-refractivity contribution in [3.63, 3.8) is 0 Å². The van der Waals surface area contributed by atoms with Crippen molar-refractivity contribution in [2.24, 2.45) is 0 Å². The summed E-state index contributed by atoms with van der Waals surface area (Å²) in [5.41, 5.74) is 1.03. The minimum absolute atomic E-state index is 0.265. The van der Waals surface area contributed by atoms with Crippen LogP contribution in [0, 0.1) is 0 Å². The van der Waals surface area contributed by atoms with Crippen LogP contribution >= 0.6 is 0 Å². The van der Waals surface area contributed by atoms with E-state index in [1.54, 1.807) is 0 Å². The standard InChI is InChI=1S/C14H23N3O/c18-14(13-6-3-8-15-13)10-11-7-9-17(16-11)12-4-1-2-5-12/h7,9,12-15,18H,1-6,8,10H2. The van der Waals surface area contributed by atoms with Crippen LogP contribution in [0.1, 0.15) is 50.3 Å². The normalized spacial score (nSPS) is 26.8. The predicted molar refractivity (Wildman–Crippen MR) is 70.5 cm³/mol. The van der Waals surface area contributed by atoms with Gasteiger partial charge in [-0.1, -0.05) is 12.8 Å². The molecule has 1 aromatic heterocycles. The average Bonchev–Trinajstić information content (AvgIpc) is 3.12. The van der Waals surface area contributed by atoms with Crippen molar-refractivity contribution in [2.75, 3.05) is 6.54 Å². The lowest BCUT2D eigenvalue weighted by Gasteiger charge is -2.17. The summed E-state index contributed by atoms with van der Waals surface area (Å²) in [7, 11) is 0. The molecule has 2 unspecified atom stereocenters. The van der Waals surface area contributed by atoms with Gasteiger partial charge in [0.2, 0.25) is 0 Å². The fourth-order valence-electron chi connectivity index (χ4n) is 3.25. The Balaban J connectivity index is 1.58. The molecule has 1 aliphatic carbocycles. The maximum absolute atomic E-state index is 10.2. The maximum atomic E-state index is 10.2. The van der Waals surface area contributed by atoms with E-state index in [-0.39, 0.29) is 12.1 Å². The Labute approximate surface area is 108 Å². The van der Waals surface area contributed by atoms with Crippen molar-refractivity contribution < 1.29 is 5.11 Å². The Bertz CT molecular complexity index is 378. The van der Waals surface area contributed by atoms with Gasteiger partial charge in [-0.15, -0.1) is 0 Å². The summed E-state index contributed by atoms with van der Waals surface area (Å²) in [5.74, 6) is 0. The average molecular weight is 249 g/mol. The van der Waals surface area contributed by atoms with E-state index in [4.69, 9.17) is 0 Å². The van der Waals surface area contributed by atoms with Crippen molar-refractivity contribution >= 4 is 0 Å². The van der Waals surface area contributed by atoms with Crippen LogP contribution in [0.25, 0.3) is 0 Å². The first-order chi connectivity index (χ1) is 8.83. The molecule has 0 radical (unpaired) electrons. The number of hydrogen-bond acceptors (Lipinski definition) is 3. The van der Waals surface area contributed by atoms with Gasteiger partial charge < -0.3 is 10.4 Å². The molecule has 3 rings (SSSR count). The molecule has 2 heterocycles. The van der Waals surface area contributed by atoms with Gasteiger partial charge in [0.1, 0.15) is 0 Å². The van der Waals surface area contributed by atoms with Crippen LogP contribution in [-0.4, -0.2) is 33.6 Å². The third-order valence-electron chi connectivity index (χ3n) is 4.34. The first kappa shape index (κ1) is 12.2. The first-order valence-corrected chi connectivity index (χ1v) is 7.28. The zero-order valence-corrected chi connectivity index (χ0v) is 10.9. The van der Waals surface area contributed by atoms with Crippen LogP contribution in [0.5, 0.6) is 0 Å². The Morgan fingerprint density at radius 1 is 1.33 bits per heavy atom. The zero-order chi connectivity index (χ0) is 12.4. The lowest BCUT2D eigenvalue weighted by molar-refractivity contribution is 0.134. The third kappa shape index (κ3) is 2.59. The Hall–Kier alpha value is -0.870. The van der Waals surface area contributed by atoms with Gasteiger partial charge in [-0.25, -0.2) is 0 Å². The van der Waals surface area contributed by atoms with Gasteiger partial charge in [0.05, 0.1) is 17.8 Å². The topological polar surface area (TPSA) is 50.1 Å². The summed E-state index contributed by atoms with van der Waals surface area (Å²) >= 11 is 0. The van der Waals surface area contributed by atoms with E-state index >= 15 is 0 Å². The van der Waals surface area contributed by atoms with Gasteiger partial charge in [0.15, 0.2) is 0 Å². The molecule has 0 spiro atoms. The highest BCUT2D eigenvalue weighted by Gasteiger charge is 2.24. The molecule has 0 aromatic carbocycles. The SMILES string of the molecule is OC(Cc1ccn(C2CCCC2)n1)C1CCCN1. The van der Waals surface area contributed by atoms with Gasteiger partial charge >= 0.3 is 0 Å². The summed E-state index contributed by atoms with van der Waals surface area (Å²) in [6, 6.07) is 2.93. The first-order valence-electron chi connectivity index (χ1n) is 7.28. The summed E-state index contributed by atoms with van der Waals surface area (Å²) in [6.45, 7) is 1.04. The second kappa shape index (κ2) is 5.41. The lowest BCUT2D eigenvalue weighted by atomic mass is 10.0. The van der Waals surface area contributed by atoms with Crippen LogP contribution in [0.4, 0.5) is 0 Å². The zero-order valence-electron chi connectivity index (χ0n) is 10.9. The monoisotopic (exact) mass is 249 g/mol. The minimum atomic E-state index is -0.292. The summed E-state index contributed by atoms with van der Waals surface area (Å²) in [5, 5.41) is 18.2. The third-order valence-corrected chi connectivity index (χ3v) is 4.34. The van der Waals surface area contributed by atoms with Gasteiger partial charge in [0, 0.05) is 18.7 Å². The highest BCUT2D eigenvalue weighted by molar-refractivity contribution is 5.03. The fraction of sp³-hybridized carbons (Fsp3) is 0.786. The highest BCUT2D eigenvalue weighted by atomic mass is 16.3. The van der Waals surface area contributed by atoms with E-state index in [1.165, 1.54) is 32.1 Å². The second-order valence-corrected chi connectivity index (χ2v) is 5.70. The molecule has 1 saturated heterocycles. The van der Waals surface area contributed by atoms with Crippen molar-refractivity contribution in [3.8, 4) is 0 Å². The Morgan fingerprint density at radius 3 is 2.89 bits per heavy atom. The predicted octanol–water partition coefficient (Wildman–Crippen LogP) is 1.65. The molecule has 4 nitrogen and oxygen atoms in total. The number of rotatable bonds is 4. The van der Waals surface area contributed by atoms with Crippen molar-refractivity contribution in [3.05, 3.63) is 18.0 Å². The summed E-state index contributed by atoms with van der Waals surface area (Å²) in [4.78, 5) is 0. The minimum Gasteiger partial charge on any atom is -0.391 e. The quantitative estimate of drug-likeness (QED) is 0.853. The molecule has 2 fully saturated rings. The molecule has 0 bridgehead atoms. The smallest absolute Gasteiger partial charge is 0.0749 e. The molecule has 2 atom stereocenters. The van der Waals surface area contributed by atoms with Crippen LogP contribution in [-0.2, 0) is 6.42 Å². The van der Waals surface area contributed by atoms with E-state index in [1.807, 2.05) is 0 Å². The number of aliphatic hydroxyl groups excluding tert-OH is 1. The van der Waals surface area contributed by atoms with Crippen LogP contribution in [0.15, 0.2) is 12.3 Å². The molecular formula is C14H23N3O. The summed E-state index contributed by atoms with van der Waals surface area (Å²) < 4.78 is 2.11. The molecule has 1 aromatic rings. The van der Waals surface area contributed by atoms with Gasteiger partial charge in [-0.05, 0) is 38.3 Å². The van der Waals surface area contributed by atoms with E-state index in [0.717, 1.165) is 18.7 Å². The Morgan fingerprint density at radius 2 is 2.17 bits per heavy atom. The number of nitrogens with zero attached hydrogens (tertiary/aromatic N) is 2. The number of aliphatic hydroxyl groups is 1. The molecule has 4 heteroatoms. The Kier molecular flexibility index (Phi) is 3.66. The molecule has 1 aliphatic heterocycles. The van der Waals surface area contributed by atoms with E-state index in [0.29, 0.717) is 12.5 Å². The highest BCUT2D eigenvalue weighted by Crippen LogP contribution is 2.28. The lowest BCUT2D eigenvalue weighted by Crippen LogP contribution is -2.36. The van der Waals surface area contributed by atoms with Crippen LogP contribution in [0.3, 0.4) is 0 Å². The summed E-state index contributed by atoms with van der Waals surface area (Å²) in [6.07, 6.45) is 9.91. The molecular weight excluding hydrogens is 226 g/mol. The van der Waals surface area contributed by atoms with Crippen LogP contribution in [0.2, 0.25) is 0 Å². The van der Waals surface area contributed by atoms with Gasteiger partial charge in [0.25, 0.3) is 0 Å². The van der Waals surface area contributed by atoms with Gasteiger partial charge in [-0.2, -0.15) is 5.10 Å². The molecule has 1 saturated carbocycles. The molecule has 2 N–H and O–H groups in total. The number of aromatic nitrogens is 2. The second-order valence-electron chi connectivity index (χ2n) is 5.70. The molecule has 2 aliphatic rings. The van der Waals surface area contributed by atoms with Crippen molar-refractivity contribution in [1.29, 1.82) is 0 Å². The largest absolute Gasteiger partial charge is 0.391 e. The van der Waals surface area contributed by atoms with Crippen LogP contribution < -0.4 is 5.32 Å². The van der Waals surface area contributed by atoms with E-state index in [9.17, 15) is 5.11 Å². The van der Waals surface area contributed by atoms with E-state index in [2.05, 4.69) is 27.4 Å². The number of hydrogen-bond donors (Lipinski definition) is 2. The van der Waals surface area contributed by atoms with E-state index < -0.39 is 0 Å². The molecule has 18 heavy (non-hydrogen) atoms. The fourth-order valence-corrected chi connectivity index (χ4v) is 3.25. The van der Waals surface area contributed by atoms with Gasteiger partial charge in [-0.3, -0.25) is 4.68 Å². The van der Waals surface area contributed by atoms with Crippen molar-refractivity contribution in [1.82, 2.24) is 15.1 Å².